The van der Waals surface area contributed by atoms with Crippen LogP contribution in [0.5, 0.6) is 0 Å². The van der Waals surface area contributed by atoms with Gasteiger partial charge in [-0.2, -0.15) is 11.8 Å². The molecule has 8 heteroatoms. The predicted octanol–water partition coefficient (Wildman–Crippen LogP) is 0.375. The quantitative estimate of drug-likeness (QED) is 0.722. The van der Waals surface area contributed by atoms with E-state index in [2.05, 4.69) is 31.2 Å². The van der Waals surface area contributed by atoms with Crippen molar-refractivity contribution in [2.75, 3.05) is 12.9 Å². The zero-order valence-corrected chi connectivity index (χ0v) is 12.3. The molecule has 1 rings (SSSR count). The van der Waals surface area contributed by atoms with Gasteiger partial charge in [0, 0.05) is 11.3 Å². The Hall–Kier alpha value is -0.860. The van der Waals surface area contributed by atoms with E-state index in [0.717, 1.165) is 0 Å². The lowest BCUT2D eigenvalue weighted by molar-refractivity contribution is 0.0929. The van der Waals surface area contributed by atoms with Gasteiger partial charge in [0.25, 0.3) is 11.5 Å². The van der Waals surface area contributed by atoms with Crippen molar-refractivity contribution in [3.63, 3.8) is 0 Å². The lowest BCUT2D eigenvalue weighted by Crippen LogP contribution is -2.42. The number of carbonyl (C=O) groups excluding carboxylic acids is 1. The maximum absolute atomic E-state index is 11.9. The fourth-order valence-corrected chi connectivity index (χ4v) is 2.37. The largest absolute Gasteiger partial charge is 0.395 e. The zero-order chi connectivity index (χ0) is 13.7. The Morgan fingerprint density at radius 3 is 2.94 bits per heavy atom. The highest BCUT2D eigenvalue weighted by molar-refractivity contribution is 9.10. The summed E-state index contributed by atoms with van der Waals surface area (Å²) in [5.74, 6) is -0.451. The Balaban J connectivity index is 2.83. The molecule has 0 aromatic carbocycles. The number of aliphatic hydroxyl groups is 1. The van der Waals surface area contributed by atoms with Crippen LogP contribution in [0.2, 0.25) is 0 Å². The van der Waals surface area contributed by atoms with E-state index in [1.165, 1.54) is 18.1 Å². The molecule has 0 saturated heterocycles. The van der Waals surface area contributed by atoms with Crippen LogP contribution in [0.15, 0.2) is 15.6 Å². The maximum atomic E-state index is 11.9. The smallest absolute Gasteiger partial charge is 0.271 e. The van der Waals surface area contributed by atoms with Gasteiger partial charge in [-0.3, -0.25) is 9.59 Å². The van der Waals surface area contributed by atoms with Gasteiger partial charge in [-0.1, -0.05) is 0 Å². The monoisotopic (exact) mass is 335 g/mol. The van der Waals surface area contributed by atoms with Gasteiger partial charge in [0.15, 0.2) is 0 Å². The van der Waals surface area contributed by atoms with Gasteiger partial charge >= 0.3 is 0 Å². The van der Waals surface area contributed by atoms with Crippen LogP contribution in [0.1, 0.15) is 17.4 Å². The lowest BCUT2D eigenvalue weighted by Gasteiger charge is -2.21. The predicted molar refractivity (Wildman–Crippen MR) is 73.9 cm³/mol. The van der Waals surface area contributed by atoms with Gasteiger partial charge in [0.1, 0.15) is 10.2 Å². The third-order valence-corrected chi connectivity index (χ3v) is 4.31. The van der Waals surface area contributed by atoms with Gasteiger partial charge in [-0.05, 0) is 29.1 Å². The molecule has 1 aromatic rings. The number of nitrogens with zero attached hydrogens (tertiary/aromatic N) is 1. The van der Waals surface area contributed by atoms with Crippen LogP contribution in [0.25, 0.3) is 0 Å². The Morgan fingerprint density at radius 2 is 2.39 bits per heavy atom. The second-order valence-corrected chi connectivity index (χ2v) is 5.48. The molecule has 0 spiro atoms. The van der Waals surface area contributed by atoms with Gasteiger partial charge in [0.05, 0.1) is 12.9 Å². The van der Waals surface area contributed by atoms with E-state index in [0.29, 0.717) is 0 Å². The van der Waals surface area contributed by atoms with E-state index in [1.54, 1.807) is 6.92 Å². The molecule has 0 fully saturated rings. The third kappa shape index (κ3) is 3.56. The summed E-state index contributed by atoms with van der Waals surface area (Å²) in [5, 5.41) is 11.7. The van der Waals surface area contributed by atoms with Crippen molar-refractivity contribution >= 4 is 33.6 Å². The molecule has 1 aromatic heterocycles. The summed E-state index contributed by atoms with van der Waals surface area (Å²) in [5.41, 5.74) is -0.380. The number of carbonyl (C=O) groups is 1. The van der Waals surface area contributed by atoms with Gasteiger partial charge in [-0.15, -0.1) is 0 Å². The first-order valence-electron chi connectivity index (χ1n) is 5.19. The van der Waals surface area contributed by atoms with E-state index < -0.39 is 11.5 Å². The Morgan fingerprint density at radius 1 is 1.72 bits per heavy atom. The molecule has 3 N–H and O–H groups in total. The number of halogens is 1. The van der Waals surface area contributed by atoms with E-state index in [-0.39, 0.29) is 28.1 Å². The molecule has 0 aliphatic carbocycles. The van der Waals surface area contributed by atoms with Crippen LogP contribution in [0.4, 0.5) is 0 Å². The van der Waals surface area contributed by atoms with E-state index in [1.807, 2.05) is 6.26 Å². The number of hydrogen-bond acceptors (Lipinski definition) is 5. The summed E-state index contributed by atoms with van der Waals surface area (Å²) >= 11 is 4.48. The van der Waals surface area contributed by atoms with Crippen LogP contribution in [0, 0.1) is 0 Å². The normalized spacial score (nSPS) is 14.0. The van der Waals surface area contributed by atoms with Crippen molar-refractivity contribution in [1.82, 2.24) is 15.3 Å². The highest BCUT2D eigenvalue weighted by atomic mass is 79.9. The van der Waals surface area contributed by atoms with Crippen LogP contribution < -0.4 is 10.9 Å². The molecule has 0 aliphatic rings. The summed E-state index contributed by atoms with van der Waals surface area (Å²) in [4.78, 5) is 29.4. The average molecular weight is 336 g/mol. The molecule has 2 atom stereocenters. The first-order valence-corrected chi connectivity index (χ1v) is 7.27. The number of aromatic nitrogens is 2. The number of H-pyrrole nitrogens is 1. The van der Waals surface area contributed by atoms with Crippen LogP contribution >= 0.6 is 27.7 Å². The molecule has 1 amide bonds. The molecule has 0 bridgehead atoms. The van der Waals surface area contributed by atoms with Gasteiger partial charge in [0.2, 0.25) is 0 Å². The first kappa shape index (κ1) is 15.2. The molecule has 6 nitrogen and oxygen atoms in total. The Labute approximate surface area is 117 Å². The highest BCUT2D eigenvalue weighted by Gasteiger charge is 2.21. The SMILES string of the molecule is CSC(CO)C(C)NC(=O)c1nc[nH]c(=O)c1Br. The molecule has 18 heavy (non-hydrogen) atoms. The minimum atomic E-state index is -0.451. The Bertz CT molecular complexity index is 476. The molecular formula is C10H14BrN3O3S. The minimum Gasteiger partial charge on any atom is -0.395 e. The molecule has 2 unspecified atom stereocenters. The second-order valence-electron chi connectivity index (χ2n) is 3.61. The molecule has 1 heterocycles. The number of rotatable bonds is 5. The number of nitrogens with one attached hydrogen (secondary N) is 2. The van der Waals surface area contributed by atoms with Gasteiger partial charge < -0.3 is 15.4 Å². The summed E-state index contributed by atoms with van der Waals surface area (Å²) in [7, 11) is 0. The summed E-state index contributed by atoms with van der Waals surface area (Å²) < 4.78 is 0.0967. The topological polar surface area (TPSA) is 95.1 Å². The zero-order valence-electron chi connectivity index (χ0n) is 9.94. The second kappa shape index (κ2) is 6.91. The Kier molecular flexibility index (Phi) is 5.83. The third-order valence-electron chi connectivity index (χ3n) is 2.41. The fraction of sp³-hybridized carbons (Fsp3) is 0.500. The number of aromatic amines is 1. The van der Waals surface area contributed by atoms with Crippen LogP contribution in [-0.4, -0.2) is 45.1 Å². The van der Waals surface area contributed by atoms with Gasteiger partial charge in [-0.25, -0.2) is 4.98 Å². The number of thioether (sulfide) groups is 1. The van der Waals surface area contributed by atoms with Crippen molar-refractivity contribution in [3.8, 4) is 0 Å². The summed E-state index contributed by atoms with van der Waals surface area (Å²) in [6.07, 6.45) is 3.02. The maximum Gasteiger partial charge on any atom is 0.271 e. The molecule has 0 saturated carbocycles. The lowest BCUT2D eigenvalue weighted by atomic mass is 10.2. The molecule has 0 aliphatic heterocycles. The number of amides is 1. The number of aliphatic hydroxyl groups excluding tert-OH is 1. The van der Waals surface area contributed by atoms with Crippen molar-refractivity contribution in [1.29, 1.82) is 0 Å². The molecule has 100 valence electrons. The van der Waals surface area contributed by atoms with E-state index >= 15 is 0 Å². The summed E-state index contributed by atoms with van der Waals surface area (Å²) in [6, 6.07) is -0.231. The molecule has 0 radical (unpaired) electrons. The molecular weight excluding hydrogens is 322 g/mol. The van der Waals surface area contributed by atoms with E-state index in [4.69, 9.17) is 5.11 Å². The van der Waals surface area contributed by atoms with Crippen molar-refractivity contribution in [2.45, 2.75) is 18.2 Å². The van der Waals surface area contributed by atoms with Crippen LogP contribution in [0.3, 0.4) is 0 Å². The first-order chi connectivity index (χ1) is 8.51. The number of hydrogen-bond donors (Lipinski definition) is 3. The van der Waals surface area contributed by atoms with Crippen LogP contribution in [-0.2, 0) is 0 Å². The standard InChI is InChI=1S/C10H14BrN3O3S/c1-5(6(3-15)18-2)14-10(17)8-7(11)9(16)13-4-12-8/h4-6,15H,3H2,1-2H3,(H,14,17)(H,12,13,16). The van der Waals surface area contributed by atoms with Crippen molar-refractivity contribution in [3.05, 3.63) is 26.8 Å². The summed E-state index contributed by atoms with van der Waals surface area (Å²) in [6.45, 7) is 1.75. The average Bonchev–Trinajstić information content (AvgIpc) is 2.34. The highest BCUT2D eigenvalue weighted by Crippen LogP contribution is 2.12. The van der Waals surface area contributed by atoms with Crippen molar-refractivity contribution in [2.24, 2.45) is 0 Å². The fourth-order valence-electron chi connectivity index (χ4n) is 1.35. The van der Waals surface area contributed by atoms with Crippen molar-refractivity contribution < 1.29 is 9.90 Å². The van der Waals surface area contributed by atoms with E-state index in [9.17, 15) is 9.59 Å². The minimum absolute atomic E-state index is 0.0309.